The van der Waals surface area contributed by atoms with Gasteiger partial charge in [0.1, 0.15) is 5.75 Å². The zero-order valence-electron chi connectivity index (χ0n) is 15.2. The summed E-state index contributed by atoms with van der Waals surface area (Å²) in [6.07, 6.45) is 0. The Labute approximate surface area is 164 Å². The monoisotopic (exact) mass is 441 g/mol. The number of amidine groups is 1. The van der Waals surface area contributed by atoms with Crippen molar-refractivity contribution in [3.05, 3.63) is 39.3 Å². The molecule has 1 aromatic carbocycles. The van der Waals surface area contributed by atoms with Crippen LogP contribution in [0.5, 0.6) is 5.75 Å². The van der Waals surface area contributed by atoms with Gasteiger partial charge in [0.15, 0.2) is 5.17 Å². The highest BCUT2D eigenvalue weighted by atomic mass is 79.9. The first-order valence-electron chi connectivity index (χ1n) is 8.56. The van der Waals surface area contributed by atoms with E-state index < -0.39 is 10.2 Å². The summed E-state index contributed by atoms with van der Waals surface area (Å²) < 4.78 is 8.67. The van der Waals surface area contributed by atoms with E-state index in [0.29, 0.717) is 13.2 Å². The number of halogens is 1. The van der Waals surface area contributed by atoms with Crippen molar-refractivity contribution in [2.45, 2.75) is 13.8 Å². The molecule has 2 aliphatic heterocycles. The first kappa shape index (κ1) is 19.4. The van der Waals surface area contributed by atoms with E-state index in [1.165, 1.54) is 6.07 Å². The number of phenolic OH excluding ortho intramolecular Hbond substituents is 1. The number of nitrogens with zero attached hydrogens (tertiary/aromatic N) is 3. The van der Waals surface area contributed by atoms with E-state index in [-0.39, 0.29) is 17.2 Å². The van der Waals surface area contributed by atoms with Gasteiger partial charge in [0.05, 0.1) is 18.8 Å². The van der Waals surface area contributed by atoms with Crippen molar-refractivity contribution >= 4 is 37.2 Å². The zero-order valence-corrected chi connectivity index (χ0v) is 17.6. The van der Waals surface area contributed by atoms with Crippen LogP contribution in [-0.2, 0) is 4.74 Å². The van der Waals surface area contributed by atoms with Crippen LogP contribution in [0.1, 0.15) is 24.2 Å². The molecule has 3 rings (SSSR count). The molecule has 8 heteroatoms. The summed E-state index contributed by atoms with van der Waals surface area (Å²) in [5, 5.41) is 13.1. The Morgan fingerprint density at radius 1 is 1.42 bits per heavy atom. The summed E-state index contributed by atoms with van der Waals surface area (Å²) in [5.41, 5.74) is 1.20. The summed E-state index contributed by atoms with van der Waals surface area (Å²) in [7, 11) is 0.229. The molecule has 0 radical (unpaired) electrons. The van der Waals surface area contributed by atoms with Gasteiger partial charge < -0.3 is 9.84 Å². The number of allylic oxidation sites excluding steroid dienone is 1. The molecule has 2 aliphatic rings. The number of phenols is 1. The van der Waals surface area contributed by atoms with Gasteiger partial charge >= 0.3 is 0 Å². The third-order valence-corrected chi connectivity index (χ3v) is 8.99. The Morgan fingerprint density at radius 3 is 2.77 bits per heavy atom. The fourth-order valence-corrected chi connectivity index (χ4v) is 7.22. The lowest BCUT2D eigenvalue weighted by Crippen LogP contribution is -2.45. The van der Waals surface area contributed by atoms with Gasteiger partial charge in [0, 0.05) is 30.3 Å². The van der Waals surface area contributed by atoms with Gasteiger partial charge in [-0.15, -0.1) is 10.2 Å². The predicted molar refractivity (Wildman–Crippen MR) is 110 cm³/mol. The van der Waals surface area contributed by atoms with Gasteiger partial charge in [-0.05, 0) is 36.3 Å². The van der Waals surface area contributed by atoms with Gasteiger partial charge in [-0.3, -0.25) is 14.0 Å². The lowest BCUT2D eigenvalue weighted by molar-refractivity contribution is 0.0760. The highest BCUT2D eigenvalue weighted by Crippen LogP contribution is 2.59. The molecule has 1 N–H and O–H groups in total. The molecular formula is C18H24BrN3O3S. The number of rotatable bonds is 3. The van der Waals surface area contributed by atoms with Crippen LogP contribution < -0.4 is 0 Å². The molecule has 1 fully saturated rings. The lowest BCUT2D eigenvalue weighted by atomic mass is 10.2. The van der Waals surface area contributed by atoms with Crippen LogP contribution in [0.25, 0.3) is 0 Å². The van der Waals surface area contributed by atoms with Crippen molar-refractivity contribution < 1.29 is 14.6 Å². The largest absolute Gasteiger partial charge is 0.507 e. The molecule has 0 aliphatic carbocycles. The van der Waals surface area contributed by atoms with Gasteiger partial charge in [-0.2, -0.15) is 0 Å². The molecule has 0 saturated carbocycles. The van der Waals surface area contributed by atoms with E-state index in [2.05, 4.69) is 32.6 Å². The van der Waals surface area contributed by atoms with Crippen molar-refractivity contribution in [3.63, 3.8) is 0 Å². The third kappa shape index (κ3) is 3.43. The molecule has 1 unspecified atom stereocenters. The van der Waals surface area contributed by atoms with Crippen LogP contribution in [0.4, 0.5) is 0 Å². The molecule has 1 amide bonds. The Hall–Kier alpha value is -1.35. The standard InChI is InChI=1S/C18H24BrN3O3S/c1-4-26(22-7-9-25-10-8-22)12-13(2)20-18(26)21(3)17(24)15-11-14(19)5-6-16(15)23/h5-6,11-12,23H,4,7-10H2,1-3H3. The SMILES string of the molecule is CCS1(N2CCOCC2)C=C(C)N=C1N(C)C(=O)c1cc(Br)ccc1O. The fourth-order valence-electron chi connectivity index (χ4n) is 3.31. The molecule has 1 aromatic rings. The second-order valence-corrected chi connectivity index (χ2v) is 10.4. The van der Waals surface area contributed by atoms with Crippen molar-refractivity contribution in [2.75, 3.05) is 39.1 Å². The number of carbonyl (C=O) groups excluding carboxylic acids is 1. The number of amides is 1. The molecule has 0 aromatic heterocycles. The Balaban J connectivity index is 1.96. The van der Waals surface area contributed by atoms with Crippen molar-refractivity contribution in [3.8, 4) is 5.75 Å². The van der Waals surface area contributed by atoms with E-state index in [1.807, 2.05) is 6.92 Å². The van der Waals surface area contributed by atoms with Crippen molar-refractivity contribution in [1.82, 2.24) is 9.21 Å². The average molecular weight is 442 g/mol. The van der Waals surface area contributed by atoms with Gasteiger partial charge in [0.2, 0.25) is 0 Å². The lowest BCUT2D eigenvalue weighted by Gasteiger charge is -2.47. The van der Waals surface area contributed by atoms with E-state index in [1.54, 1.807) is 24.1 Å². The normalized spacial score (nSPS) is 26.0. The molecule has 26 heavy (non-hydrogen) atoms. The molecule has 1 atom stereocenters. The quantitative estimate of drug-likeness (QED) is 0.778. The minimum absolute atomic E-state index is 0.0307. The number of morpholine rings is 1. The van der Waals surface area contributed by atoms with Gasteiger partial charge in [-0.25, -0.2) is 4.99 Å². The summed E-state index contributed by atoms with van der Waals surface area (Å²) in [5.74, 6) is 0.590. The smallest absolute Gasteiger partial charge is 0.263 e. The predicted octanol–water partition coefficient (Wildman–Crippen LogP) is 3.53. The van der Waals surface area contributed by atoms with Crippen LogP contribution in [0.2, 0.25) is 0 Å². The van der Waals surface area contributed by atoms with Gasteiger partial charge in [-0.1, -0.05) is 22.9 Å². The summed E-state index contributed by atoms with van der Waals surface area (Å²) in [4.78, 5) is 19.4. The molecule has 6 nitrogen and oxygen atoms in total. The van der Waals surface area contributed by atoms with E-state index >= 15 is 0 Å². The first-order chi connectivity index (χ1) is 12.4. The summed E-state index contributed by atoms with van der Waals surface area (Å²) >= 11 is 3.37. The van der Waals surface area contributed by atoms with E-state index in [9.17, 15) is 9.90 Å². The Kier molecular flexibility index (Phi) is 5.76. The summed E-state index contributed by atoms with van der Waals surface area (Å²) in [6, 6.07) is 4.87. The average Bonchev–Trinajstić information content (AvgIpc) is 3.01. The topological polar surface area (TPSA) is 65.4 Å². The minimum Gasteiger partial charge on any atom is -0.507 e. The highest BCUT2D eigenvalue weighted by Gasteiger charge is 2.41. The molecule has 0 spiro atoms. The molecule has 142 valence electrons. The molecular weight excluding hydrogens is 418 g/mol. The van der Waals surface area contributed by atoms with Gasteiger partial charge in [0.25, 0.3) is 5.91 Å². The number of aliphatic imine (C=N–C) groups is 1. The van der Waals surface area contributed by atoms with E-state index in [4.69, 9.17) is 9.73 Å². The molecule has 1 saturated heterocycles. The number of hydrogen-bond donors (Lipinski definition) is 1. The van der Waals surface area contributed by atoms with Crippen molar-refractivity contribution in [2.24, 2.45) is 4.99 Å². The number of hydrogen-bond acceptors (Lipinski definition) is 5. The summed E-state index contributed by atoms with van der Waals surface area (Å²) in [6.45, 7) is 7.16. The Bertz CT molecular complexity index is 777. The van der Waals surface area contributed by atoms with Crippen LogP contribution in [0, 0.1) is 0 Å². The maximum atomic E-state index is 13.1. The van der Waals surface area contributed by atoms with Crippen LogP contribution >= 0.6 is 26.1 Å². The fraction of sp³-hybridized carbons (Fsp3) is 0.444. The second kappa shape index (κ2) is 7.72. The third-order valence-electron chi connectivity index (χ3n) is 4.61. The molecule has 0 bridgehead atoms. The van der Waals surface area contributed by atoms with Crippen molar-refractivity contribution in [1.29, 1.82) is 0 Å². The number of aromatic hydroxyl groups is 1. The van der Waals surface area contributed by atoms with Crippen LogP contribution in [0.15, 0.2) is 38.8 Å². The zero-order chi connectivity index (χ0) is 18.9. The number of carbonyl (C=O) groups is 1. The molecule has 2 heterocycles. The number of ether oxygens (including phenoxy) is 1. The Morgan fingerprint density at radius 2 is 2.12 bits per heavy atom. The first-order valence-corrected chi connectivity index (χ1v) is 11.2. The highest BCUT2D eigenvalue weighted by molar-refractivity contribution is 9.10. The van der Waals surface area contributed by atoms with Crippen LogP contribution in [-0.4, -0.2) is 64.5 Å². The van der Waals surface area contributed by atoms with E-state index in [0.717, 1.165) is 34.2 Å². The maximum absolute atomic E-state index is 13.1. The maximum Gasteiger partial charge on any atom is 0.263 e. The minimum atomic E-state index is -1.51. The second-order valence-electron chi connectivity index (χ2n) is 6.26. The number of benzene rings is 1. The van der Waals surface area contributed by atoms with Crippen LogP contribution in [0.3, 0.4) is 0 Å².